The van der Waals surface area contributed by atoms with Gasteiger partial charge in [0.1, 0.15) is 67.1 Å². The fourth-order valence-corrected chi connectivity index (χ4v) is 15.1. The molecule has 7 fully saturated rings. The van der Waals surface area contributed by atoms with E-state index in [9.17, 15) is 65.8 Å². The minimum Gasteiger partial charge on any atom is -0.481 e. The highest BCUT2D eigenvalue weighted by molar-refractivity contribution is 5.76. The number of allylic oxidation sites excluding steroid dienone is 2. The third-order valence-corrected chi connectivity index (χ3v) is 19.3. The molecule has 0 radical (unpaired) electrons. The van der Waals surface area contributed by atoms with Crippen molar-refractivity contribution in [3.63, 3.8) is 0 Å². The van der Waals surface area contributed by atoms with Crippen LogP contribution in [0.1, 0.15) is 113 Å². The van der Waals surface area contributed by atoms with Crippen molar-refractivity contribution in [2.45, 2.75) is 211 Å². The molecular formula is C48H76O19. The molecule has 382 valence electrons. The summed E-state index contributed by atoms with van der Waals surface area (Å²) in [4.78, 5) is 25.8. The smallest absolute Gasteiger partial charge is 0.335 e. The molecule has 3 heterocycles. The lowest BCUT2D eigenvalue weighted by Crippen LogP contribution is -2.68. The van der Waals surface area contributed by atoms with Crippen molar-refractivity contribution in [3.8, 4) is 0 Å². The molecule has 0 aromatic carbocycles. The molecule has 0 amide bonds. The summed E-state index contributed by atoms with van der Waals surface area (Å²) >= 11 is 0. The standard InChI is InChI=1S/C48H76O19/c1-43(2)14-16-48(42(60)61)17-15-46(6)21(22(48)18-43)8-9-26-45(5)12-11-27(44(3,4)25(45)10-13-47(26,46)7)64-40-34(57)35(33(56)36(66-40)38(58)59)65-41-37(31(54)29(52)24(20-50)63-41)67-39-32(55)30(53)28(51)23(19-49)62-39/h8,22-37,39-41,49-57H,9-20H2,1-7H3,(H,58,59)(H,60,61). The van der Waals surface area contributed by atoms with Gasteiger partial charge < -0.3 is 84.6 Å². The number of fused-ring (bicyclic) bond motifs is 7. The highest BCUT2D eigenvalue weighted by Gasteiger charge is 2.70. The van der Waals surface area contributed by atoms with Crippen LogP contribution in [0.25, 0.3) is 0 Å². The number of aliphatic hydroxyl groups excluding tert-OH is 9. The monoisotopic (exact) mass is 956 g/mol. The van der Waals surface area contributed by atoms with Gasteiger partial charge in [0.05, 0.1) is 24.7 Å². The number of carboxylic acid groups (broad SMARTS) is 2. The van der Waals surface area contributed by atoms with Gasteiger partial charge in [-0.1, -0.05) is 60.1 Å². The van der Waals surface area contributed by atoms with Crippen LogP contribution in [0.2, 0.25) is 0 Å². The van der Waals surface area contributed by atoms with Gasteiger partial charge in [0, 0.05) is 0 Å². The van der Waals surface area contributed by atoms with Gasteiger partial charge in [0.2, 0.25) is 0 Å². The fraction of sp³-hybridized carbons (Fsp3) is 0.917. The van der Waals surface area contributed by atoms with Crippen LogP contribution in [0.5, 0.6) is 0 Å². The molecule has 8 aliphatic rings. The van der Waals surface area contributed by atoms with Crippen molar-refractivity contribution in [2.75, 3.05) is 13.2 Å². The van der Waals surface area contributed by atoms with E-state index in [-0.39, 0.29) is 39.4 Å². The SMILES string of the molecule is CC1(C)CCC2(C(=O)O)CCC3(C)C(=CCC4C5(C)CCC(OC6OC(C(=O)O)C(O)C(OC7OC(CO)C(O)C(O)C7OC7OC(CO)C(O)C(O)C7O)C6O)C(C)(C)C5CCC43C)C2C1. The Labute approximate surface area is 391 Å². The minimum absolute atomic E-state index is 0.0161. The van der Waals surface area contributed by atoms with E-state index in [0.717, 1.165) is 44.9 Å². The fourth-order valence-electron chi connectivity index (χ4n) is 15.1. The second-order valence-corrected chi connectivity index (χ2v) is 23.5. The van der Waals surface area contributed by atoms with E-state index in [0.29, 0.717) is 19.3 Å². The molecule has 3 aliphatic heterocycles. The van der Waals surface area contributed by atoms with E-state index >= 15 is 0 Å². The molecule has 23 atom stereocenters. The molecule has 11 N–H and O–H groups in total. The van der Waals surface area contributed by atoms with Crippen LogP contribution in [0, 0.1) is 50.2 Å². The Balaban J connectivity index is 1.03. The van der Waals surface area contributed by atoms with Crippen molar-refractivity contribution in [1.82, 2.24) is 0 Å². The van der Waals surface area contributed by atoms with Gasteiger partial charge in [-0.15, -0.1) is 0 Å². The van der Waals surface area contributed by atoms with E-state index in [1.54, 1.807) is 0 Å². The summed E-state index contributed by atoms with van der Waals surface area (Å²) in [6.07, 6.45) is -18.0. The lowest BCUT2D eigenvalue weighted by molar-refractivity contribution is -0.390. The number of carboxylic acids is 2. The summed E-state index contributed by atoms with van der Waals surface area (Å²) in [5, 5.41) is 118. The van der Waals surface area contributed by atoms with Crippen LogP contribution in [0.15, 0.2) is 11.6 Å². The van der Waals surface area contributed by atoms with Crippen molar-refractivity contribution >= 4 is 11.9 Å². The second kappa shape index (κ2) is 18.0. The number of ether oxygens (including phenoxy) is 6. The Morgan fingerprint density at radius 2 is 1.22 bits per heavy atom. The van der Waals surface area contributed by atoms with Gasteiger partial charge >= 0.3 is 11.9 Å². The molecular weight excluding hydrogens is 881 g/mol. The molecule has 19 nitrogen and oxygen atoms in total. The maximum absolute atomic E-state index is 13.1. The number of rotatable bonds is 10. The van der Waals surface area contributed by atoms with Gasteiger partial charge in [0.25, 0.3) is 0 Å². The first kappa shape index (κ1) is 51.4. The number of hydrogen-bond donors (Lipinski definition) is 11. The Bertz CT molecular complexity index is 1880. The van der Waals surface area contributed by atoms with Crippen LogP contribution in [-0.4, -0.2) is 180 Å². The van der Waals surface area contributed by atoms with E-state index in [1.165, 1.54) is 5.57 Å². The predicted octanol–water partition coefficient (Wildman–Crippen LogP) is 0.799. The van der Waals surface area contributed by atoms with E-state index in [2.05, 4.69) is 54.5 Å². The molecule has 23 unspecified atom stereocenters. The average Bonchev–Trinajstić information content (AvgIpc) is 3.26. The highest BCUT2D eigenvalue weighted by Crippen LogP contribution is 2.76. The molecule has 5 aliphatic carbocycles. The average molecular weight is 957 g/mol. The van der Waals surface area contributed by atoms with Crippen molar-refractivity contribution in [3.05, 3.63) is 11.6 Å². The summed E-state index contributed by atoms with van der Waals surface area (Å²) in [5.74, 6) is -1.91. The maximum atomic E-state index is 13.1. The van der Waals surface area contributed by atoms with Crippen LogP contribution in [0.4, 0.5) is 0 Å². The molecule has 0 spiro atoms. The lowest BCUT2D eigenvalue weighted by atomic mass is 9.33. The molecule has 0 aromatic heterocycles. The number of carbonyl (C=O) groups is 2. The second-order valence-electron chi connectivity index (χ2n) is 23.5. The minimum atomic E-state index is -2.08. The highest BCUT2D eigenvalue weighted by atomic mass is 16.8. The molecule has 0 bridgehead atoms. The number of aliphatic carboxylic acids is 2. The summed E-state index contributed by atoms with van der Waals surface area (Å²) in [7, 11) is 0. The first-order valence-electron chi connectivity index (χ1n) is 24.3. The van der Waals surface area contributed by atoms with E-state index in [4.69, 9.17) is 28.4 Å². The van der Waals surface area contributed by atoms with Crippen molar-refractivity contribution in [1.29, 1.82) is 0 Å². The van der Waals surface area contributed by atoms with E-state index < -0.39 is 134 Å². The van der Waals surface area contributed by atoms with Gasteiger partial charge in [-0.05, 0) is 109 Å². The van der Waals surface area contributed by atoms with E-state index in [1.807, 2.05) is 0 Å². The normalized spacial score (nSPS) is 52.7. The zero-order valence-electron chi connectivity index (χ0n) is 39.7. The van der Waals surface area contributed by atoms with Crippen LogP contribution >= 0.6 is 0 Å². The first-order valence-corrected chi connectivity index (χ1v) is 24.3. The largest absolute Gasteiger partial charge is 0.481 e. The molecule has 0 aromatic rings. The number of aliphatic hydroxyl groups is 9. The molecule has 3 saturated heterocycles. The van der Waals surface area contributed by atoms with Crippen molar-refractivity contribution < 1.29 is 94.2 Å². The van der Waals surface area contributed by atoms with Crippen LogP contribution in [-0.2, 0) is 38.0 Å². The Hall–Kier alpha value is -1.92. The zero-order chi connectivity index (χ0) is 49.1. The van der Waals surface area contributed by atoms with Gasteiger partial charge in [-0.25, -0.2) is 4.79 Å². The summed E-state index contributed by atoms with van der Waals surface area (Å²) in [6.45, 7) is 14.3. The summed E-state index contributed by atoms with van der Waals surface area (Å²) in [5.41, 5.74) is -0.389. The summed E-state index contributed by atoms with van der Waals surface area (Å²) in [6, 6.07) is 0. The molecule has 8 rings (SSSR count). The van der Waals surface area contributed by atoms with Gasteiger partial charge in [-0.2, -0.15) is 0 Å². The van der Waals surface area contributed by atoms with Crippen LogP contribution < -0.4 is 0 Å². The van der Waals surface area contributed by atoms with Crippen LogP contribution in [0.3, 0.4) is 0 Å². The molecule has 67 heavy (non-hydrogen) atoms. The van der Waals surface area contributed by atoms with Gasteiger partial charge in [-0.3, -0.25) is 4.79 Å². The topological polar surface area (TPSA) is 312 Å². The third-order valence-electron chi connectivity index (χ3n) is 19.3. The predicted molar refractivity (Wildman–Crippen MR) is 231 cm³/mol. The quantitative estimate of drug-likeness (QED) is 0.107. The Kier molecular flexibility index (Phi) is 13.8. The first-order chi connectivity index (χ1) is 31.2. The van der Waals surface area contributed by atoms with Crippen molar-refractivity contribution in [2.24, 2.45) is 50.2 Å². The molecule has 19 heteroatoms. The Morgan fingerprint density at radius 1 is 0.627 bits per heavy atom. The number of hydrogen-bond acceptors (Lipinski definition) is 17. The zero-order valence-corrected chi connectivity index (χ0v) is 39.7. The maximum Gasteiger partial charge on any atom is 0.335 e. The Morgan fingerprint density at radius 3 is 1.85 bits per heavy atom. The molecule has 4 saturated carbocycles. The summed E-state index contributed by atoms with van der Waals surface area (Å²) < 4.78 is 35.5. The lowest BCUT2D eigenvalue weighted by Gasteiger charge is -2.71. The van der Waals surface area contributed by atoms with Gasteiger partial charge in [0.15, 0.2) is 25.0 Å². The third kappa shape index (κ3) is 8.06.